The van der Waals surface area contributed by atoms with Crippen LogP contribution >= 0.6 is 0 Å². The number of carbonyl (C=O) groups is 1. The van der Waals surface area contributed by atoms with E-state index in [1.807, 2.05) is 116 Å². The van der Waals surface area contributed by atoms with Crippen LogP contribution in [0.25, 0.3) is 0 Å². The molecule has 4 aromatic rings. The number of benzene rings is 4. The first kappa shape index (κ1) is 25.1. The van der Waals surface area contributed by atoms with Gasteiger partial charge >= 0.3 is 5.97 Å². The highest BCUT2D eigenvalue weighted by atomic mass is 16.5. The molecular formula is C32H29NO5. The first-order valence-corrected chi connectivity index (χ1v) is 12.6. The van der Waals surface area contributed by atoms with Crippen LogP contribution in [0.3, 0.4) is 0 Å². The van der Waals surface area contributed by atoms with Crippen molar-refractivity contribution in [3.05, 3.63) is 131 Å². The lowest BCUT2D eigenvalue weighted by molar-refractivity contribution is -0.147. The Balaban J connectivity index is 1.38. The van der Waals surface area contributed by atoms with Crippen molar-refractivity contribution in [2.75, 3.05) is 0 Å². The highest BCUT2D eigenvalue weighted by molar-refractivity contribution is 6.00. The fraction of sp³-hybridized carbons (Fsp3) is 0.188. The maximum absolute atomic E-state index is 12.9. The molecule has 0 fully saturated rings. The van der Waals surface area contributed by atoms with Gasteiger partial charge in [0.1, 0.15) is 25.9 Å². The predicted molar refractivity (Wildman–Crippen MR) is 145 cm³/mol. The Morgan fingerprint density at radius 3 is 1.87 bits per heavy atom. The molecule has 0 bridgehead atoms. The van der Waals surface area contributed by atoms with Gasteiger partial charge in [0.25, 0.3) is 0 Å². The van der Waals surface area contributed by atoms with Crippen molar-refractivity contribution in [3.63, 3.8) is 0 Å². The van der Waals surface area contributed by atoms with Gasteiger partial charge in [-0.1, -0.05) is 97.1 Å². The molecule has 0 radical (unpaired) electrons. The Labute approximate surface area is 222 Å². The van der Waals surface area contributed by atoms with Crippen molar-refractivity contribution in [1.82, 2.24) is 0 Å². The van der Waals surface area contributed by atoms with Gasteiger partial charge in [0.2, 0.25) is 5.90 Å². The van der Waals surface area contributed by atoms with Gasteiger partial charge in [0, 0.05) is 0 Å². The fourth-order valence-electron chi connectivity index (χ4n) is 4.11. The van der Waals surface area contributed by atoms with Gasteiger partial charge in [0.05, 0.1) is 5.56 Å². The summed E-state index contributed by atoms with van der Waals surface area (Å²) >= 11 is 0. The maximum atomic E-state index is 12.9. The molecule has 0 N–H and O–H groups in total. The predicted octanol–water partition coefficient (Wildman–Crippen LogP) is 6.12. The number of esters is 1. The van der Waals surface area contributed by atoms with Gasteiger partial charge in [-0.2, -0.15) is 0 Å². The molecule has 1 aliphatic heterocycles. The van der Waals surface area contributed by atoms with Crippen LogP contribution in [0.4, 0.5) is 0 Å². The SMILES string of the molecule is C[C@@H]1OC(c2cccc(OCc3ccccc3)c2OCc2ccccc2)=N[C@@H]1C(=O)OCc1ccccc1. The molecule has 0 spiro atoms. The van der Waals surface area contributed by atoms with Crippen LogP contribution in [0.15, 0.2) is 114 Å². The Hall–Kier alpha value is -4.58. The van der Waals surface area contributed by atoms with E-state index in [2.05, 4.69) is 4.99 Å². The summed E-state index contributed by atoms with van der Waals surface area (Å²) in [6.45, 7) is 2.71. The second-order valence-corrected chi connectivity index (χ2v) is 8.98. The molecule has 0 aromatic heterocycles. The zero-order valence-electron chi connectivity index (χ0n) is 21.2. The molecule has 1 heterocycles. The lowest BCUT2D eigenvalue weighted by Gasteiger charge is -2.17. The number of carbonyl (C=O) groups excluding carboxylic acids is 1. The number of nitrogens with zero attached hydrogens (tertiary/aromatic N) is 1. The monoisotopic (exact) mass is 507 g/mol. The summed E-state index contributed by atoms with van der Waals surface area (Å²) < 4.78 is 24.1. The van der Waals surface area contributed by atoms with E-state index < -0.39 is 18.1 Å². The van der Waals surface area contributed by atoms with E-state index in [9.17, 15) is 4.79 Å². The summed E-state index contributed by atoms with van der Waals surface area (Å²) in [7, 11) is 0. The van der Waals surface area contributed by atoms with Crippen LogP contribution in [0.2, 0.25) is 0 Å². The molecule has 0 saturated heterocycles. The van der Waals surface area contributed by atoms with Gasteiger partial charge < -0.3 is 18.9 Å². The van der Waals surface area contributed by atoms with E-state index in [1.54, 1.807) is 0 Å². The molecule has 0 amide bonds. The number of aliphatic imine (C=N–C) groups is 1. The van der Waals surface area contributed by atoms with Crippen LogP contribution in [-0.4, -0.2) is 24.0 Å². The van der Waals surface area contributed by atoms with Crippen molar-refractivity contribution in [1.29, 1.82) is 0 Å². The molecule has 0 saturated carbocycles. The maximum Gasteiger partial charge on any atom is 0.335 e. The standard InChI is InChI=1S/C32H29NO5/c1-23-29(32(34)37-22-26-16-9-4-10-17-26)33-31(38-23)27-18-11-19-28(35-20-24-12-5-2-6-13-24)30(27)36-21-25-14-7-3-8-15-25/h2-19,23,29H,20-22H2,1H3/t23-,29-/m0/s1. The summed E-state index contributed by atoms with van der Waals surface area (Å²) in [6, 6.07) is 34.2. The van der Waals surface area contributed by atoms with Crippen LogP contribution in [-0.2, 0) is 34.1 Å². The lowest BCUT2D eigenvalue weighted by atomic mass is 10.1. The number of ether oxygens (including phenoxy) is 4. The number of rotatable bonds is 10. The van der Waals surface area contributed by atoms with E-state index in [4.69, 9.17) is 18.9 Å². The third-order valence-corrected chi connectivity index (χ3v) is 6.14. The molecule has 192 valence electrons. The van der Waals surface area contributed by atoms with Crippen molar-refractivity contribution in [2.45, 2.75) is 38.9 Å². The normalized spacial score (nSPS) is 16.3. The first-order chi connectivity index (χ1) is 18.7. The Bertz CT molecular complexity index is 1370. The van der Waals surface area contributed by atoms with Crippen LogP contribution in [0.1, 0.15) is 29.2 Å². The van der Waals surface area contributed by atoms with Crippen LogP contribution in [0.5, 0.6) is 11.5 Å². The average Bonchev–Trinajstić information content (AvgIpc) is 3.36. The molecule has 0 aliphatic carbocycles. The molecule has 5 rings (SSSR count). The van der Waals surface area contributed by atoms with Gasteiger partial charge in [-0.05, 0) is 35.7 Å². The number of para-hydroxylation sites is 1. The first-order valence-electron chi connectivity index (χ1n) is 12.6. The minimum atomic E-state index is -0.774. The minimum Gasteiger partial charge on any atom is -0.485 e. The molecular weight excluding hydrogens is 478 g/mol. The van der Waals surface area contributed by atoms with Gasteiger partial charge in [-0.25, -0.2) is 9.79 Å². The van der Waals surface area contributed by atoms with E-state index in [0.29, 0.717) is 36.2 Å². The lowest BCUT2D eigenvalue weighted by Crippen LogP contribution is -2.29. The Morgan fingerprint density at radius 1 is 0.711 bits per heavy atom. The van der Waals surface area contributed by atoms with Crippen molar-refractivity contribution < 1.29 is 23.7 Å². The largest absolute Gasteiger partial charge is 0.485 e. The Kier molecular flexibility index (Phi) is 7.99. The van der Waals surface area contributed by atoms with Crippen molar-refractivity contribution >= 4 is 11.9 Å². The summed E-state index contributed by atoms with van der Waals surface area (Å²) in [6.07, 6.45) is -0.482. The molecule has 2 atom stereocenters. The van der Waals surface area contributed by atoms with Crippen LogP contribution < -0.4 is 9.47 Å². The zero-order chi connectivity index (χ0) is 26.2. The van der Waals surface area contributed by atoms with E-state index in [1.165, 1.54) is 0 Å². The Morgan fingerprint density at radius 2 is 1.26 bits per heavy atom. The summed E-state index contributed by atoms with van der Waals surface area (Å²) in [5.74, 6) is 0.972. The van der Waals surface area contributed by atoms with E-state index in [-0.39, 0.29) is 6.61 Å². The molecule has 0 unspecified atom stereocenters. The fourth-order valence-corrected chi connectivity index (χ4v) is 4.11. The highest BCUT2D eigenvalue weighted by Gasteiger charge is 2.36. The topological polar surface area (TPSA) is 66.3 Å². The zero-order valence-corrected chi connectivity index (χ0v) is 21.2. The third-order valence-electron chi connectivity index (χ3n) is 6.14. The van der Waals surface area contributed by atoms with Crippen molar-refractivity contribution in [3.8, 4) is 11.5 Å². The quantitative estimate of drug-likeness (QED) is 0.242. The van der Waals surface area contributed by atoms with E-state index in [0.717, 1.165) is 16.7 Å². The molecule has 6 heteroatoms. The van der Waals surface area contributed by atoms with Gasteiger partial charge in [-0.3, -0.25) is 0 Å². The molecule has 4 aromatic carbocycles. The number of hydrogen-bond donors (Lipinski definition) is 0. The molecule has 1 aliphatic rings. The number of hydrogen-bond acceptors (Lipinski definition) is 6. The van der Waals surface area contributed by atoms with Gasteiger partial charge in [0.15, 0.2) is 17.5 Å². The minimum absolute atomic E-state index is 0.183. The van der Waals surface area contributed by atoms with Crippen LogP contribution in [0, 0.1) is 0 Å². The summed E-state index contributed by atoms with van der Waals surface area (Å²) in [5, 5.41) is 0. The second kappa shape index (κ2) is 12.1. The third kappa shape index (κ3) is 6.21. The summed E-state index contributed by atoms with van der Waals surface area (Å²) in [5.41, 5.74) is 3.59. The molecule has 38 heavy (non-hydrogen) atoms. The van der Waals surface area contributed by atoms with E-state index >= 15 is 0 Å². The second-order valence-electron chi connectivity index (χ2n) is 8.98. The van der Waals surface area contributed by atoms with Gasteiger partial charge in [-0.15, -0.1) is 0 Å². The molecule has 6 nitrogen and oxygen atoms in total. The smallest absolute Gasteiger partial charge is 0.335 e. The highest BCUT2D eigenvalue weighted by Crippen LogP contribution is 2.35. The average molecular weight is 508 g/mol. The van der Waals surface area contributed by atoms with Crippen molar-refractivity contribution in [2.24, 2.45) is 4.99 Å². The summed E-state index contributed by atoms with van der Waals surface area (Å²) in [4.78, 5) is 17.5.